The lowest BCUT2D eigenvalue weighted by atomic mass is 10.2. The molecule has 0 spiro atoms. The fraction of sp³-hybridized carbons (Fsp3) is 0.190. The number of nitrogens with one attached hydrogen (secondary N) is 3. The predicted molar refractivity (Wildman–Crippen MR) is 121 cm³/mol. The van der Waals surface area contributed by atoms with Crippen molar-refractivity contribution in [3.63, 3.8) is 0 Å². The Morgan fingerprint density at radius 2 is 1.77 bits per heavy atom. The van der Waals surface area contributed by atoms with Crippen LogP contribution in [0, 0.1) is 6.92 Å². The molecule has 30 heavy (non-hydrogen) atoms. The Balaban J connectivity index is 1.98. The standard InChI is InChI=1S/C21H20BrClN4O3/c1-11(2)24-20(29)21(30)26-27-17-7-5-14(23)9-13(17)10-18(27)19(28)25-16-6-4-12(3)8-15(16)22/h4-11H,1-3H3,(H,24,29)(H,25,28)(H,26,30). The lowest BCUT2D eigenvalue weighted by Crippen LogP contribution is -2.42. The highest BCUT2D eigenvalue weighted by Crippen LogP contribution is 2.26. The molecule has 156 valence electrons. The molecule has 9 heteroatoms. The first-order valence-electron chi connectivity index (χ1n) is 9.16. The minimum absolute atomic E-state index is 0.144. The molecule has 0 saturated heterocycles. The maximum absolute atomic E-state index is 13.0. The van der Waals surface area contributed by atoms with Crippen molar-refractivity contribution in [2.75, 3.05) is 10.7 Å². The van der Waals surface area contributed by atoms with Crippen LogP contribution < -0.4 is 16.1 Å². The molecule has 0 radical (unpaired) electrons. The maximum Gasteiger partial charge on any atom is 0.328 e. The number of aryl methyl sites for hydroxylation is 1. The van der Waals surface area contributed by atoms with Crippen LogP contribution in [0.5, 0.6) is 0 Å². The van der Waals surface area contributed by atoms with Gasteiger partial charge in [-0.05, 0) is 78.7 Å². The van der Waals surface area contributed by atoms with E-state index in [9.17, 15) is 14.4 Å². The summed E-state index contributed by atoms with van der Waals surface area (Å²) in [5, 5.41) is 6.46. The molecule has 3 N–H and O–H groups in total. The largest absolute Gasteiger partial charge is 0.346 e. The van der Waals surface area contributed by atoms with Gasteiger partial charge in [0.25, 0.3) is 5.91 Å². The van der Waals surface area contributed by atoms with Gasteiger partial charge in [-0.25, -0.2) is 4.68 Å². The van der Waals surface area contributed by atoms with E-state index in [2.05, 4.69) is 32.0 Å². The summed E-state index contributed by atoms with van der Waals surface area (Å²) < 4.78 is 2.01. The zero-order chi connectivity index (χ0) is 22.0. The lowest BCUT2D eigenvalue weighted by molar-refractivity contribution is -0.137. The van der Waals surface area contributed by atoms with Crippen molar-refractivity contribution in [3.05, 3.63) is 63.2 Å². The summed E-state index contributed by atoms with van der Waals surface area (Å²) in [6.07, 6.45) is 0. The molecule has 3 amide bonds. The van der Waals surface area contributed by atoms with E-state index in [1.807, 2.05) is 19.1 Å². The third-order valence-electron chi connectivity index (χ3n) is 4.21. The summed E-state index contributed by atoms with van der Waals surface area (Å²) in [5.74, 6) is -2.15. The van der Waals surface area contributed by atoms with Gasteiger partial charge < -0.3 is 10.6 Å². The van der Waals surface area contributed by atoms with Crippen molar-refractivity contribution in [2.45, 2.75) is 26.8 Å². The van der Waals surface area contributed by atoms with Crippen molar-refractivity contribution in [2.24, 2.45) is 0 Å². The second kappa shape index (κ2) is 8.89. The van der Waals surface area contributed by atoms with Crippen LogP contribution in [-0.4, -0.2) is 28.4 Å². The SMILES string of the molecule is Cc1ccc(NC(=O)c2cc3cc(Cl)ccc3n2NC(=O)C(=O)NC(C)C)c(Br)c1. The van der Waals surface area contributed by atoms with Crippen molar-refractivity contribution < 1.29 is 14.4 Å². The molecular formula is C21H20BrClN4O3. The second-order valence-electron chi connectivity index (χ2n) is 7.07. The molecule has 0 aliphatic rings. The van der Waals surface area contributed by atoms with E-state index < -0.39 is 17.7 Å². The van der Waals surface area contributed by atoms with E-state index in [4.69, 9.17) is 11.6 Å². The van der Waals surface area contributed by atoms with E-state index in [1.165, 1.54) is 4.68 Å². The van der Waals surface area contributed by atoms with Gasteiger partial charge >= 0.3 is 11.8 Å². The Kier molecular flexibility index (Phi) is 6.48. The Hall–Kier alpha value is -2.84. The number of amides is 3. The van der Waals surface area contributed by atoms with Crippen LogP contribution in [0.4, 0.5) is 5.69 Å². The number of rotatable bonds is 4. The van der Waals surface area contributed by atoms with Crippen molar-refractivity contribution in [1.82, 2.24) is 9.99 Å². The van der Waals surface area contributed by atoms with Crippen LogP contribution in [0.3, 0.4) is 0 Å². The molecule has 3 rings (SSSR count). The zero-order valence-corrected chi connectivity index (χ0v) is 18.9. The van der Waals surface area contributed by atoms with E-state index in [0.717, 1.165) is 10.0 Å². The predicted octanol–water partition coefficient (Wildman–Crippen LogP) is 4.21. The van der Waals surface area contributed by atoms with Crippen LogP contribution >= 0.6 is 27.5 Å². The molecule has 0 saturated carbocycles. The van der Waals surface area contributed by atoms with Gasteiger partial charge in [-0.15, -0.1) is 0 Å². The normalized spacial score (nSPS) is 10.9. The number of hydrogen-bond acceptors (Lipinski definition) is 3. The van der Waals surface area contributed by atoms with Gasteiger partial charge in [0.05, 0.1) is 11.2 Å². The van der Waals surface area contributed by atoms with Crippen molar-refractivity contribution >= 4 is 61.8 Å². The van der Waals surface area contributed by atoms with Gasteiger partial charge in [-0.1, -0.05) is 17.7 Å². The summed E-state index contributed by atoms with van der Waals surface area (Å²) in [6, 6.07) is 11.9. The van der Waals surface area contributed by atoms with Gasteiger partial charge in [0.2, 0.25) is 0 Å². The first-order valence-corrected chi connectivity index (χ1v) is 10.3. The van der Waals surface area contributed by atoms with Gasteiger partial charge in [-0.2, -0.15) is 0 Å². The molecule has 0 aliphatic heterocycles. The highest BCUT2D eigenvalue weighted by molar-refractivity contribution is 9.10. The van der Waals surface area contributed by atoms with Gasteiger partial charge in [0, 0.05) is 20.9 Å². The van der Waals surface area contributed by atoms with E-state index in [-0.39, 0.29) is 11.7 Å². The number of carbonyl (C=O) groups excluding carboxylic acids is 3. The molecule has 0 bridgehead atoms. The molecule has 3 aromatic rings. The molecule has 1 aromatic heterocycles. The summed E-state index contributed by atoms with van der Waals surface area (Å²) in [7, 11) is 0. The fourth-order valence-corrected chi connectivity index (χ4v) is 3.63. The summed E-state index contributed by atoms with van der Waals surface area (Å²) in [5.41, 5.74) is 4.78. The average Bonchev–Trinajstić information content (AvgIpc) is 3.01. The number of halogens is 2. The first kappa shape index (κ1) is 21.9. The molecule has 2 aromatic carbocycles. The quantitative estimate of drug-likeness (QED) is 0.477. The highest BCUT2D eigenvalue weighted by Gasteiger charge is 2.21. The average molecular weight is 492 g/mol. The minimum Gasteiger partial charge on any atom is -0.346 e. The number of anilines is 1. The van der Waals surface area contributed by atoms with Crippen molar-refractivity contribution in [1.29, 1.82) is 0 Å². The summed E-state index contributed by atoms with van der Waals surface area (Å²) in [6.45, 7) is 5.43. The van der Waals surface area contributed by atoms with Crippen LogP contribution in [0.25, 0.3) is 10.9 Å². The van der Waals surface area contributed by atoms with E-state index in [0.29, 0.717) is 21.6 Å². The molecule has 7 nitrogen and oxygen atoms in total. The highest BCUT2D eigenvalue weighted by atomic mass is 79.9. The Bertz CT molecular complexity index is 1160. The number of nitrogens with zero attached hydrogens (tertiary/aromatic N) is 1. The Labute approximate surface area is 186 Å². The molecule has 0 fully saturated rings. The lowest BCUT2D eigenvalue weighted by Gasteiger charge is -2.14. The number of benzene rings is 2. The maximum atomic E-state index is 13.0. The number of aromatic nitrogens is 1. The molecule has 1 heterocycles. The molecule has 0 atom stereocenters. The van der Waals surface area contributed by atoms with Crippen LogP contribution in [0.15, 0.2) is 46.9 Å². The van der Waals surface area contributed by atoms with Crippen LogP contribution in [-0.2, 0) is 9.59 Å². The molecular weight excluding hydrogens is 472 g/mol. The van der Waals surface area contributed by atoms with E-state index in [1.54, 1.807) is 44.2 Å². The zero-order valence-electron chi connectivity index (χ0n) is 16.5. The molecule has 0 aliphatic carbocycles. The monoisotopic (exact) mass is 490 g/mol. The third-order valence-corrected chi connectivity index (χ3v) is 5.10. The topological polar surface area (TPSA) is 92.2 Å². The van der Waals surface area contributed by atoms with E-state index >= 15 is 0 Å². The Morgan fingerprint density at radius 1 is 1.03 bits per heavy atom. The fourth-order valence-electron chi connectivity index (χ4n) is 2.86. The van der Waals surface area contributed by atoms with Crippen molar-refractivity contribution in [3.8, 4) is 0 Å². The second-order valence-corrected chi connectivity index (χ2v) is 8.37. The van der Waals surface area contributed by atoms with Gasteiger partial charge in [-0.3, -0.25) is 19.8 Å². The van der Waals surface area contributed by atoms with Gasteiger partial charge in [0.1, 0.15) is 5.69 Å². The minimum atomic E-state index is -0.887. The number of hydrogen-bond donors (Lipinski definition) is 3. The third kappa shape index (κ3) is 4.83. The smallest absolute Gasteiger partial charge is 0.328 e. The van der Waals surface area contributed by atoms with Crippen LogP contribution in [0.2, 0.25) is 5.02 Å². The summed E-state index contributed by atoms with van der Waals surface area (Å²) >= 11 is 9.50. The first-order chi connectivity index (χ1) is 14.2. The summed E-state index contributed by atoms with van der Waals surface area (Å²) in [4.78, 5) is 37.4. The van der Waals surface area contributed by atoms with Gasteiger partial charge in [0.15, 0.2) is 0 Å². The Morgan fingerprint density at radius 3 is 2.43 bits per heavy atom. The number of fused-ring (bicyclic) bond motifs is 1. The molecule has 0 unspecified atom stereocenters. The van der Waals surface area contributed by atoms with Crippen LogP contribution in [0.1, 0.15) is 29.9 Å². The number of carbonyl (C=O) groups is 3.